The van der Waals surface area contributed by atoms with Crippen molar-refractivity contribution in [3.8, 4) is 5.75 Å². The summed E-state index contributed by atoms with van der Waals surface area (Å²) in [5, 5.41) is 0.737. The first-order valence-electron chi connectivity index (χ1n) is 10.0. The van der Waals surface area contributed by atoms with Gasteiger partial charge in [0, 0.05) is 18.7 Å². The zero-order chi connectivity index (χ0) is 20.8. The molecule has 0 bridgehead atoms. The van der Waals surface area contributed by atoms with Crippen molar-refractivity contribution in [2.75, 3.05) is 38.7 Å². The van der Waals surface area contributed by atoms with Crippen molar-refractivity contribution in [3.63, 3.8) is 0 Å². The number of carbonyl (C=O) groups excluding carboxylic acids is 1. The highest BCUT2D eigenvalue weighted by Gasteiger charge is 2.21. The molecule has 1 aromatic heterocycles. The fourth-order valence-electron chi connectivity index (χ4n) is 2.90. The van der Waals surface area contributed by atoms with Gasteiger partial charge in [-0.05, 0) is 69.4 Å². The molecule has 0 unspecified atom stereocenters. The zero-order valence-electron chi connectivity index (χ0n) is 18.1. The average Bonchev–Trinajstić information content (AvgIpc) is 3.11. The number of hydrogen-bond donors (Lipinski definition) is 0. The lowest BCUT2D eigenvalue weighted by Crippen LogP contribution is -2.36. The summed E-state index contributed by atoms with van der Waals surface area (Å²) in [6.07, 6.45) is 2.12. The molecule has 0 aliphatic heterocycles. The van der Waals surface area contributed by atoms with E-state index in [1.807, 2.05) is 44.4 Å². The quantitative estimate of drug-likeness (QED) is 0.411. The second-order valence-corrected chi connectivity index (χ2v) is 8.46. The molecular formula is C23H30ClN3O2S. The maximum Gasteiger partial charge on any atom is 0.260 e. The number of carbonyl (C=O) groups is 1. The molecule has 30 heavy (non-hydrogen) atoms. The van der Waals surface area contributed by atoms with Crippen LogP contribution in [0.1, 0.15) is 35.7 Å². The van der Waals surface area contributed by atoms with Crippen LogP contribution in [-0.4, -0.2) is 49.6 Å². The van der Waals surface area contributed by atoms with Crippen LogP contribution in [0.3, 0.4) is 0 Å². The number of fused-ring (bicyclic) bond motifs is 1. The number of thiazole rings is 1. The van der Waals surface area contributed by atoms with Crippen LogP contribution in [0.5, 0.6) is 5.75 Å². The van der Waals surface area contributed by atoms with E-state index in [9.17, 15) is 4.79 Å². The third-order valence-electron chi connectivity index (χ3n) is 4.65. The molecule has 0 spiro atoms. The fourth-order valence-corrected chi connectivity index (χ4v) is 3.99. The SMILES string of the molecule is CCCCOc1ccc(C(=O)N(CCN(C)C)c2nc3ccc(C)cc3s2)cc1.Cl. The van der Waals surface area contributed by atoms with Gasteiger partial charge in [0.2, 0.25) is 0 Å². The van der Waals surface area contributed by atoms with Crippen LogP contribution in [-0.2, 0) is 0 Å². The van der Waals surface area contributed by atoms with E-state index in [0.29, 0.717) is 18.7 Å². The van der Waals surface area contributed by atoms with Gasteiger partial charge in [0.15, 0.2) is 5.13 Å². The highest BCUT2D eigenvalue weighted by atomic mass is 35.5. The number of hydrogen-bond acceptors (Lipinski definition) is 5. The van der Waals surface area contributed by atoms with Crippen LogP contribution in [0.2, 0.25) is 0 Å². The highest BCUT2D eigenvalue weighted by Crippen LogP contribution is 2.30. The molecule has 1 amide bonds. The minimum Gasteiger partial charge on any atom is -0.494 e. The number of nitrogens with zero attached hydrogens (tertiary/aromatic N) is 3. The number of aryl methyl sites for hydroxylation is 1. The van der Waals surface area contributed by atoms with E-state index in [1.165, 1.54) is 5.56 Å². The second-order valence-electron chi connectivity index (χ2n) is 7.45. The first-order chi connectivity index (χ1) is 14.0. The second kappa shape index (κ2) is 11.3. The van der Waals surface area contributed by atoms with Gasteiger partial charge in [-0.25, -0.2) is 4.98 Å². The number of benzene rings is 2. The number of anilines is 1. The van der Waals surface area contributed by atoms with Gasteiger partial charge in [-0.3, -0.25) is 9.69 Å². The summed E-state index contributed by atoms with van der Waals surface area (Å²) < 4.78 is 6.81. The first-order valence-corrected chi connectivity index (χ1v) is 10.9. The number of ether oxygens (including phenoxy) is 1. The van der Waals surface area contributed by atoms with E-state index in [1.54, 1.807) is 16.2 Å². The summed E-state index contributed by atoms with van der Waals surface area (Å²) in [6.45, 7) is 6.25. The third kappa shape index (κ3) is 6.17. The summed E-state index contributed by atoms with van der Waals surface area (Å²) in [7, 11) is 4.01. The fraction of sp³-hybridized carbons (Fsp3) is 0.391. The molecule has 0 radical (unpaired) electrons. The summed E-state index contributed by atoms with van der Waals surface area (Å²) >= 11 is 1.56. The molecule has 0 atom stereocenters. The Morgan fingerprint density at radius 1 is 1.10 bits per heavy atom. The van der Waals surface area contributed by atoms with E-state index < -0.39 is 0 Å². The lowest BCUT2D eigenvalue weighted by molar-refractivity contribution is 0.0985. The summed E-state index contributed by atoms with van der Waals surface area (Å²) in [6, 6.07) is 13.6. The predicted octanol–water partition coefficient (Wildman–Crippen LogP) is 5.41. The maximum absolute atomic E-state index is 13.3. The normalized spacial score (nSPS) is 10.8. The Balaban J connectivity index is 0.00000320. The Labute approximate surface area is 189 Å². The smallest absolute Gasteiger partial charge is 0.260 e. The Bertz CT molecular complexity index is 957. The van der Waals surface area contributed by atoms with E-state index in [2.05, 4.69) is 30.9 Å². The van der Waals surface area contributed by atoms with Crippen LogP contribution in [0.15, 0.2) is 42.5 Å². The van der Waals surface area contributed by atoms with Crippen LogP contribution in [0.4, 0.5) is 5.13 Å². The van der Waals surface area contributed by atoms with Gasteiger partial charge in [0.25, 0.3) is 5.91 Å². The Morgan fingerprint density at radius 3 is 2.50 bits per heavy atom. The molecule has 0 aliphatic carbocycles. The lowest BCUT2D eigenvalue weighted by atomic mass is 10.2. The molecule has 1 heterocycles. The maximum atomic E-state index is 13.3. The van der Waals surface area contributed by atoms with Crippen LogP contribution in [0.25, 0.3) is 10.2 Å². The van der Waals surface area contributed by atoms with Gasteiger partial charge in [0.1, 0.15) is 5.75 Å². The monoisotopic (exact) mass is 447 g/mol. The van der Waals surface area contributed by atoms with Gasteiger partial charge in [0.05, 0.1) is 16.8 Å². The molecule has 0 N–H and O–H groups in total. The largest absolute Gasteiger partial charge is 0.494 e. The van der Waals surface area contributed by atoms with Gasteiger partial charge in [-0.2, -0.15) is 0 Å². The molecule has 3 rings (SSSR count). The molecule has 0 saturated carbocycles. The lowest BCUT2D eigenvalue weighted by Gasteiger charge is -2.22. The van der Waals surface area contributed by atoms with Crippen molar-refractivity contribution in [1.29, 1.82) is 0 Å². The topological polar surface area (TPSA) is 45.7 Å². The summed E-state index contributed by atoms with van der Waals surface area (Å²) in [5.41, 5.74) is 2.76. The van der Waals surface area contributed by atoms with Gasteiger partial charge < -0.3 is 9.64 Å². The molecule has 162 valence electrons. The van der Waals surface area contributed by atoms with Gasteiger partial charge in [-0.15, -0.1) is 12.4 Å². The molecule has 0 aliphatic rings. The molecule has 7 heteroatoms. The Kier molecular flexibility index (Phi) is 9.08. The number of unbranched alkanes of at least 4 members (excludes halogenated alkanes) is 1. The number of rotatable bonds is 9. The molecule has 5 nitrogen and oxygen atoms in total. The van der Waals surface area contributed by atoms with Crippen molar-refractivity contribution in [1.82, 2.24) is 9.88 Å². The van der Waals surface area contributed by atoms with Crippen molar-refractivity contribution < 1.29 is 9.53 Å². The highest BCUT2D eigenvalue weighted by molar-refractivity contribution is 7.22. The minimum absolute atomic E-state index is 0. The van der Waals surface area contributed by atoms with Crippen LogP contribution in [0, 0.1) is 6.92 Å². The summed E-state index contributed by atoms with van der Waals surface area (Å²) in [4.78, 5) is 21.9. The minimum atomic E-state index is -0.0391. The number of likely N-dealkylation sites (N-methyl/N-ethyl adjacent to an activating group) is 1. The zero-order valence-corrected chi connectivity index (χ0v) is 19.7. The number of halogens is 1. The summed E-state index contributed by atoms with van der Waals surface area (Å²) in [5.74, 6) is 0.757. The Hall–Kier alpha value is -2.15. The number of amides is 1. The van der Waals surface area contributed by atoms with Gasteiger partial charge in [-0.1, -0.05) is 30.7 Å². The molecule has 2 aromatic carbocycles. The number of aromatic nitrogens is 1. The van der Waals surface area contributed by atoms with Gasteiger partial charge >= 0.3 is 0 Å². The van der Waals surface area contributed by atoms with Crippen molar-refractivity contribution in [3.05, 3.63) is 53.6 Å². The molecular weight excluding hydrogens is 418 g/mol. The predicted molar refractivity (Wildman–Crippen MR) is 129 cm³/mol. The van der Waals surface area contributed by atoms with Crippen LogP contribution < -0.4 is 9.64 Å². The standard InChI is InChI=1S/C23H29N3O2S.ClH/c1-5-6-15-28-19-10-8-18(9-11-19)22(27)26(14-13-25(3)4)23-24-20-12-7-17(2)16-21(20)29-23;/h7-12,16H,5-6,13-15H2,1-4H3;1H. The Morgan fingerprint density at radius 2 is 1.83 bits per heavy atom. The van der Waals surface area contributed by atoms with Crippen molar-refractivity contribution in [2.45, 2.75) is 26.7 Å². The van der Waals surface area contributed by atoms with E-state index in [0.717, 1.165) is 40.5 Å². The molecule has 0 saturated heterocycles. The van der Waals surface area contributed by atoms with E-state index in [-0.39, 0.29) is 18.3 Å². The van der Waals surface area contributed by atoms with Crippen molar-refractivity contribution in [2.24, 2.45) is 0 Å². The molecule has 0 fully saturated rings. The van der Waals surface area contributed by atoms with E-state index >= 15 is 0 Å². The van der Waals surface area contributed by atoms with E-state index in [4.69, 9.17) is 9.72 Å². The van der Waals surface area contributed by atoms with Crippen molar-refractivity contribution >= 4 is 45.0 Å². The average molecular weight is 448 g/mol. The molecule has 3 aromatic rings. The first kappa shape index (κ1) is 24.1. The third-order valence-corrected chi connectivity index (χ3v) is 5.69. The van der Waals surface area contributed by atoms with Crippen LogP contribution >= 0.6 is 23.7 Å².